The molecule has 1 saturated heterocycles. The van der Waals surface area contributed by atoms with Crippen molar-refractivity contribution in [2.24, 2.45) is 0 Å². The summed E-state index contributed by atoms with van der Waals surface area (Å²) in [5, 5.41) is 0. The van der Waals surface area contributed by atoms with Crippen molar-refractivity contribution in [2.45, 2.75) is 42.6 Å². The lowest BCUT2D eigenvalue weighted by Crippen LogP contribution is -2.79. The summed E-state index contributed by atoms with van der Waals surface area (Å²) < 4.78 is 213. The van der Waals surface area contributed by atoms with Gasteiger partial charge in [0.15, 0.2) is 0 Å². The summed E-state index contributed by atoms with van der Waals surface area (Å²) in [7, 11) is 0. The second-order valence-electron chi connectivity index (χ2n) is 4.65. The highest BCUT2D eigenvalue weighted by Crippen LogP contribution is 2.63. The summed E-state index contributed by atoms with van der Waals surface area (Å²) in [6.07, 6.45) is -40.0. The molecular formula is C9F16O4. The molecule has 0 aromatic carbocycles. The molecule has 0 aromatic heterocycles. The van der Waals surface area contributed by atoms with Crippen molar-refractivity contribution in [1.29, 1.82) is 0 Å². The van der Waals surface area contributed by atoms with E-state index in [4.69, 9.17) is 0 Å². The molecule has 0 N–H and O–H groups in total. The molecule has 2 atom stereocenters. The molecule has 2 unspecified atom stereocenters. The fourth-order valence-corrected chi connectivity index (χ4v) is 1.71. The van der Waals surface area contributed by atoms with E-state index in [1.807, 2.05) is 0 Å². The van der Waals surface area contributed by atoms with Crippen molar-refractivity contribution in [3.05, 3.63) is 12.0 Å². The van der Waals surface area contributed by atoms with Crippen molar-refractivity contribution < 1.29 is 89.2 Å². The number of halogens is 16. The van der Waals surface area contributed by atoms with Crippen LogP contribution in [0.25, 0.3) is 0 Å². The molecule has 1 aliphatic rings. The first-order valence-electron chi connectivity index (χ1n) is 5.91. The molecule has 0 aromatic rings. The number of rotatable bonds is 4. The topological polar surface area (TPSA) is 36.9 Å². The maximum absolute atomic E-state index is 14.3. The second-order valence-corrected chi connectivity index (χ2v) is 4.65. The van der Waals surface area contributed by atoms with E-state index in [0.29, 0.717) is 0 Å². The third-order valence-electron chi connectivity index (χ3n) is 2.72. The Morgan fingerprint density at radius 2 is 1.03 bits per heavy atom. The van der Waals surface area contributed by atoms with Gasteiger partial charge in [0, 0.05) is 0 Å². The van der Waals surface area contributed by atoms with E-state index in [2.05, 4.69) is 9.47 Å². The van der Waals surface area contributed by atoms with Gasteiger partial charge in [0.05, 0.1) is 0 Å². The Bertz CT molecular complexity index is 662. The first kappa shape index (κ1) is 25.2. The van der Waals surface area contributed by atoms with Crippen LogP contribution in [0.1, 0.15) is 0 Å². The van der Waals surface area contributed by atoms with Gasteiger partial charge in [-0.05, 0) is 0 Å². The van der Waals surface area contributed by atoms with Crippen molar-refractivity contribution >= 4 is 0 Å². The fourth-order valence-electron chi connectivity index (χ4n) is 1.71. The van der Waals surface area contributed by atoms with Crippen LogP contribution in [0.2, 0.25) is 0 Å². The van der Waals surface area contributed by atoms with E-state index in [0.717, 1.165) is 0 Å². The van der Waals surface area contributed by atoms with Crippen LogP contribution in [-0.4, -0.2) is 42.6 Å². The van der Waals surface area contributed by atoms with E-state index in [1.54, 1.807) is 0 Å². The normalized spacial score (nSPS) is 28.6. The maximum Gasteiger partial charge on any atom is 0.527 e. The third kappa shape index (κ3) is 4.21. The van der Waals surface area contributed by atoms with Gasteiger partial charge < -0.3 is 9.47 Å². The van der Waals surface area contributed by atoms with Crippen LogP contribution in [0.3, 0.4) is 0 Å². The minimum Gasteiger partial charge on any atom is -0.412 e. The highest BCUT2D eigenvalue weighted by Gasteiger charge is 2.95. The van der Waals surface area contributed by atoms with Gasteiger partial charge in [-0.15, -0.1) is 26.3 Å². The molecular weight excluding hydrogens is 476 g/mol. The first-order valence-corrected chi connectivity index (χ1v) is 5.91. The molecule has 0 radical (unpaired) electrons. The van der Waals surface area contributed by atoms with Crippen LogP contribution in [0, 0.1) is 0 Å². The summed E-state index contributed by atoms with van der Waals surface area (Å²) in [5.74, 6) is -11.0. The summed E-state index contributed by atoms with van der Waals surface area (Å²) in [5.41, 5.74) is -7.71. The average molecular weight is 476 g/mol. The standard InChI is InChI=1S/C9F16O4/c10-1(11)2-26-4(13,7(18,19)29-9(23,24)25)3(12,5(14,15)27-2)6(16,17)28-8(20,21)22. The van der Waals surface area contributed by atoms with Gasteiger partial charge >= 0.3 is 54.6 Å². The molecule has 1 aliphatic heterocycles. The SMILES string of the molecule is FC(F)=C1OC(F)(F)C(F)(C(F)(F)OC(F)(F)F)C(F)(C(F)(F)OC(F)(F)F)O1. The third-order valence-corrected chi connectivity index (χ3v) is 2.72. The first-order chi connectivity index (χ1) is 12.4. The van der Waals surface area contributed by atoms with Gasteiger partial charge in [-0.3, -0.25) is 0 Å². The molecule has 29 heavy (non-hydrogen) atoms. The minimum absolute atomic E-state index is 1.46. The Morgan fingerprint density at radius 1 is 0.655 bits per heavy atom. The van der Waals surface area contributed by atoms with Gasteiger partial charge in [-0.1, -0.05) is 0 Å². The number of alkyl halides is 14. The monoisotopic (exact) mass is 476 g/mol. The van der Waals surface area contributed by atoms with E-state index in [-0.39, 0.29) is 0 Å². The molecule has 172 valence electrons. The van der Waals surface area contributed by atoms with Gasteiger partial charge in [-0.2, -0.15) is 39.5 Å². The smallest absolute Gasteiger partial charge is 0.412 e. The predicted molar refractivity (Wildman–Crippen MR) is 48.2 cm³/mol. The maximum atomic E-state index is 14.3. The largest absolute Gasteiger partial charge is 0.527 e. The molecule has 0 spiro atoms. The zero-order valence-electron chi connectivity index (χ0n) is 12.2. The van der Waals surface area contributed by atoms with Crippen LogP contribution in [0.5, 0.6) is 0 Å². The van der Waals surface area contributed by atoms with Gasteiger partial charge in [0.2, 0.25) is 0 Å². The minimum atomic E-state index is -7.71. The summed E-state index contributed by atoms with van der Waals surface area (Å²) in [6, 6.07) is 0. The van der Waals surface area contributed by atoms with Crippen molar-refractivity contribution in [3.8, 4) is 0 Å². The summed E-state index contributed by atoms with van der Waals surface area (Å²) in [4.78, 5) is 0. The van der Waals surface area contributed by atoms with Crippen LogP contribution >= 0.6 is 0 Å². The van der Waals surface area contributed by atoms with Gasteiger partial charge in [-0.25, -0.2) is 13.9 Å². The lowest BCUT2D eigenvalue weighted by atomic mass is 9.90. The zero-order valence-corrected chi connectivity index (χ0v) is 12.2. The van der Waals surface area contributed by atoms with E-state index in [1.165, 1.54) is 9.47 Å². The molecule has 4 nitrogen and oxygen atoms in total. The van der Waals surface area contributed by atoms with Gasteiger partial charge in [0.25, 0.3) is 0 Å². The van der Waals surface area contributed by atoms with Crippen molar-refractivity contribution in [2.75, 3.05) is 0 Å². The Labute approximate surface area is 145 Å². The Kier molecular flexibility index (Phi) is 5.71. The molecule has 0 saturated carbocycles. The van der Waals surface area contributed by atoms with Crippen LogP contribution in [0.15, 0.2) is 12.0 Å². The van der Waals surface area contributed by atoms with Crippen molar-refractivity contribution in [3.63, 3.8) is 0 Å². The fraction of sp³-hybridized carbons (Fsp3) is 0.778. The molecule has 1 fully saturated rings. The van der Waals surface area contributed by atoms with Crippen LogP contribution < -0.4 is 0 Å². The summed E-state index contributed by atoms with van der Waals surface area (Å²) >= 11 is 0. The second kappa shape index (κ2) is 6.57. The molecule has 0 aliphatic carbocycles. The van der Waals surface area contributed by atoms with E-state index in [9.17, 15) is 70.2 Å². The van der Waals surface area contributed by atoms with Gasteiger partial charge in [0.1, 0.15) is 0 Å². The quantitative estimate of drug-likeness (QED) is 0.515. The number of ether oxygens (including phenoxy) is 4. The average Bonchev–Trinajstić information content (AvgIpc) is 2.37. The summed E-state index contributed by atoms with van der Waals surface area (Å²) in [6.45, 7) is 0. The molecule has 0 amide bonds. The Hall–Kier alpha value is -1.86. The highest BCUT2D eigenvalue weighted by atomic mass is 19.4. The van der Waals surface area contributed by atoms with Crippen LogP contribution in [-0.2, 0) is 18.9 Å². The molecule has 20 heteroatoms. The molecule has 0 bridgehead atoms. The predicted octanol–water partition coefficient (Wildman–Crippen LogP) is 5.32. The Morgan fingerprint density at radius 3 is 1.38 bits per heavy atom. The molecule has 1 rings (SSSR count). The van der Waals surface area contributed by atoms with Crippen LogP contribution in [0.4, 0.5) is 70.2 Å². The van der Waals surface area contributed by atoms with Crippen molar-refractivity contribution in [1.82, 2.24) is 0 Å². The highest BCUT2D eigenvalue weighted by molar-refractivity contribution is 5.15. The zero-order chi connectivity index (χ0) is 23.5. The van der Waals surface area contributed by atoms with E-state index >= 15 is 0 Å². The number of hydrogen-bond acceptors (Lipinski definition) is 4. The Balaban J connectivity index is 3.86. The molecule has 1 heterocycles. The van der Waals surface area contributed by atoms with E-state index < -0.39 is 54.6 Å². The lowest BCUT2D eigenvalue weighted by Gasteiger charge is -2.49. The number of hydrogen-bond donors (Lipinski definition) is 0. The lowest BCUT2D eigenvalue weighted by molar-refractivity contribution is -0.576.